The number of rotatable bonds is 7. The van der Waals surface area contributed by atoms with Gasteiger partial charge >= 0.3 is 0 Å². The second-order valence-electron chi connectivity index (χ2n) is 8.02. The van der Waals surface area contributed by atoms with Gasteiger partial charge < -0.3 is 5.32 Å². The minimum atomic E-state index is 0.681. The van der Waals surface area contributed by atoms with E-state index in [0.29, 0.717) is 5.92 Å². The average molecular weight is 360 g/mol. The lowest BCUT2D eigenvalue weighted by Crippen LogP contribution is -2.19. The minimum Gasteiger partial charge on any atom is -0.313 e. The zero-order chi connectivity index (χ0) is 17.3. The molecule has 0 saturated heterocycles. The molecule has 1 nitrogen and oxygen atoms in total. The van der Waals surface area contributed by atoms with Crippen LogP contribution in [-0.4, -0.2) is 13.1 Å². The smallest absolute Gasteiger partial charge is 0.0446 e. The molecule has 1 aromatic carbocycles. The summed E-state index contributed by atoms with van der Waals surface area (Å²) in [6.45, 7) is 2.10. The van der Waals surface area contributed by atoms with Crippen LogP contribution < -0.4 is 5.32 Å². The van der Waals surface area contributed by atoms with Crippen LogP contribution in [0.2, 0.25) is 5.02 Å². The Morgan fingerprint density at radius 2 is 1.68 bits per heavy atom. The van der Waals surface area contributed by atoms with Gasteiger partial charge in [-0.05, 0) is 54.8 Å². The first-order chi connectivity index (χ1) is 12.3. The highest BCUT2D eigenvalue weighted by atomic mass is 35.5. The van der Waals surface area contributed by atoms with Crippen LogP contribution in [0.5, 0.6) is 0 Å². The van der Waals surface area contributed by atoms with Gasteiger partial charge in [-0.25, -0.2) is 0 Å². The van der Waals surface area contributed by atoms with Gasteiger partial charge in [-0.1, -0.05) is 87.3 Å². The van der Waals surface area contributed by atoms with Gasteiger partial charge in [-0.3, -0.25) is 0 Å². The molecular formula is C23H34ClN. The molecule has 0 atom stereocenters. The topological polar surface area (TPSA) is 12.0 Å². The molecule has 0 heterocycles. The third-order valence-electron chi connectivity index (χ3n) is 6.10. The third kappa shape index (κ3) is 6.15. The van der Waals surface area contributed by atoms with Gasteiger partial charge in [-0.15, -0.1) is 0 Å². The Bertz CT molecular complexity index is 539. The Balaban J connectivity index is 1.39. The summed E-state index contributed by atoms with van der Waals surface area (Å²) in [6, 6.07) is 6.63. The predicted octanol–water partition coefficient (Wildman–Crippen LogP) is 6.96. The second kappa shape index (κ2) is 10.4. The summed E-state index contributed by atoms with van der Waals surface area (Å²) in [7, 11) is 0. The molecule has 2 heteroatoms. The molecule has 2 aliphatic carbocycles. The average Bonchev–Trinajstić information content (AvgIpc) is 2.66. The quantitative estimate of drug-likeness (QED) is 0.519. The Morgan fingerprint density at radius 3 is 2.40 bits per heavy atom. The first-order valence-corrected chi connectivity index (χ1v) is 10.9. The van der Waals surface area contributed by atoms with Gasteiger partial charge in [0.1, 0.15) is 0 Å². The van der Waals surface area contributed by atoms with Crippen LogP contribution in [-0.2, 0) is 0 Å². The van der Waals surface area contributed by atoms with E-state index in [9.17, 15) is 0 Å². The molecule has 0 bridgehead atoms. The molecule has 2 aliphatic rings. The monoisotopic (exact) mass is 359 g/mol. The molecule has 0 amide bonds. The Kier molecular flexibility index (Phi) is 7.88. The van der Waals surface area contributed by atoms with E-state index in [-0.39, 0.29) is 0 Å². The number of hydrogen-bond donors (Lipinski definition) is 1. The van der Waals surface area contributed by atoms with Crippen LogP contribution in [0.15, 0.2) is 24.3 Å². The molecule has 0 radical (unpaired) electrons. The van der Waals surface area contributed by atoms with E-state index >= 15 is 0 Å². The van der Waals surface area contributed by atoms with E-state index in [0.717, 1.165) is 24.0 Å². The summed E-state index contributed by atoms with van der Waals surface area (Å²) in [5.74, 6) is 1.65. The van der Waals surface area contributed by atoms with Crippen LogP contribution in [0.1, 0.15) is 87.7 Å². The van der Waals surface area contributed by atoms with Gasteiger partial charge in [0, 0.05) is 11.6 Å². The molecule has 0 spiro atoms. The van der Waals surface area contributed by atoms with Crippen LogP contribution in [0.4, 0.5) is 0 Å². The molecule has 138 valence electrons. The fourth-order valence-corrected chi connectivity index (χ4v) is 4.90. The van der Waals surface area contributed by atoms with Gasteiger partial charge in [0.2, 0.25) is 0 Å². The van der Waals surface area contributed by atoms with Crippen LogP contribution in [0.3, 0.4) is 0 Å². The first kappa shape index (κ1) is 19.0. The van der Waals surface area contributed by atoms with E-state index in [2.05, 4.69) is 35.7 Å². The summed E-state index contributed by atoms with van der Waals surface area (Å²) in [5.41, 5.74) is 2.59. The highest BCUT2D eigenvalue weighted by Gasteiger charge is 2.17. The van der Waals surface area contributed by atoms with Crippen LogP contribution in [0, 0.1) is 5.92 Å². The van der Waals surface area contributed by atoms with E-state index in [4.69, 9.17) is 11.6 Å². The van der Waals surface area contributed by atoms with E-state index in [1.165, 1.54) is 81.8 Å². The standard InChI is InChI=1S/C23H34ClN/c24-23-18-20(13-14-22(23)21-11-5-2-6-12-21)10-7-16-25-17-15-19-8-3-1-4-9-19/h7,10,13-14,18-19,21,25H,1-6,8-9,11-12,15-17H2/b10-7-. The van der Waals surface area contributed by atoms with Crippen molar-refractivity contribution in [2.75, 3.05) is 13.1 Å². The number of nitrogens with one attached hydrogen (secondary N) is 1. The SMILES string of the molecule is Clc1cc(/C=C\CNCCC2CCCCC2)ccc1C1CCCCC1. The largest absolute Gasteiger partial charge is 0.313 e. The normalized spacial score (nSPS) is 20.4. The molecule has 2 fully saturated rings. The Hall–Kier alpha value is -0.790. The molecule has 0 aromatic heterocycles. The van der Waals surface area contributed by atoms with Gasteiger partial charge in [0.05, 0.1) is 0 Å². The minimum absolute atomic E-state index is 0.681. The second-order valence-corrected chi connectivity index (χ2v) is 8.42. The van der Waals surface area contributed by atoms with Crippen molar-refractivity contribution < 1.29 is 0 Å². The van der Waals surface area contributed by atoms with E-state index in [1.54, 1.807) is 0 Å². The molecule has 25 heavy (non-hydrogen) atoms. The number of hydrogen-bond acceptors (Lipinski definition) is 1. The van der Waals surface area contributed by atoms with Crippen molar-refractivity contribution in [1.82, 2.24) is 5.32 Å². The Labute approximate surface area is 159 Å². The fourth-order valence-electron chi connectivity index (χ4n) is 4.55. The van der Waals surface area contributed by atoms with E-state index < -0.39 is 0 Å². The van der Waals surface area contributed by atoms with Crippen molar-refractivity contribution in [3.05, 3.63) is 40.4 Å². The highest BCUT2D eigenvalue weighted by Crippen LogP contribution is 2.36. The lowest BCUT2D eigenvalue weighted by Gasteiger charge is -2.23. The zero-order valence-electron chi connectivity index (χ0n) is 15.6. The summed E-state index contributed by atoms with van der Waals surface area (Å²) in [5, 5.41) is 4.52. The zero-order valence-corrected chi connectivity index (χ0v) is 16.4. The first-order valence-electron chi connectivity index (χ1n) is 10.5. The van der Waals surface area contributed by atoms with Gasteiger partial charge in [-0.2, -0.15) is 0 Å². The third-order valence-corrected chi connectivity index (χ3v) is 6.42. The summed E-state index contributed by atoms with van der Waals surface area (Å²) in [6.07, 6.45) is 19.7. The lowest BCUT2D eigenvalue weighted by atomic mass is 9.84. The maximum absolute atomic E-state index is 6.56. The molecule has 1 N–H and O–H groups in total. The maximum Gasteiger partial charge on any atom is 0.0446 e. The Morgan fingerprint density at radius 1 is 0.960 bits per heavy atom. The lowest BCUT2D eigenvalue weighted by molar-refractivity contribution is 0.335. The van der Waals surface area contributed by atoms with Crippen molar-refractivity contribution in [2.24, 2.45) is 5.92 Å². The molecular weight excluding hydrogens is 326 g/mol. The summed E-state index contributed by atoms with van der Waals surface area (Å²) < 4.78 is 0. The van der Waals surface area contributed by atoms with Crippen molar-refractivity contribution in [1.29, 1.82) is 0 Å². The maximum atomic E-state index is 6.56. The predicted molar refractivity (Wildman–Crippen MR) is 110 cm³/mol. The highest BCUT2D eigenvalue weighted by molar-refractivity contribution is 6.31. The van der Waals surface area contributed by atoms with Crippen LogP contribution in [0.25, 0.3) is 6.08 Å². The molecule has 2 saturated carbocycles. The summed E-state index contributed by atoms with van der Waals surface area (Å²) >= 11 is 6.56. The number of halogens is 1. The van der Waals surface area contributed by atoms with E-state index in [1.807, 2.05) is 0 Å². The summed E-state index contributed by atoms with van der Waals surface area (Å²) in [4.78, 5) is 0. The molecule has 0 aliphatic heterocycles. The van der Waals surface area contributed by atoms with Crippen molar-refractivity contribution in [3.63, 3.8) is 0 Å². The van der Waals surface area contributed by atoms with Gasteiger partial charge in [0.15, 0.2) is 0 Å². The van der Waals surface area contributed by atoms with Crippen LogP contribution >= 0.6 is 11.6 Å². The van der Waals surface area contributed by atoms with Crippen molar-refractivity contribution in [2.45, 2.75) is 76.5 Å². The molecule has 3 rings (SSSR count). The number of benzene rings is 1. The fraction of sp³-hybridized carbons (Fsp3) is 0.652. The van der Waals surface area contributed by atoms with Crippen molar-refractivity contribution >= 4 is 17.7 Å². The molecule has 1 aromatic rings. The van der Waals surface area contributed by atoms with Gasteiger partial charge in [0.25, 0.3) is 0 Å². The molecule has 0 unspecified atom stereocenters. The van der Waals surface area contributed by atoms with Crippen molar-refractivity contribution in [3.8, 4) is 0 Å².